The first-order valence-electron chi connectivity index (χ1n) is 5.80. The Morgan fingerprint density at radius 1 is 1.36 bits per heavy atom. The summed E-state index contributed by atoms with van der Waals surface area (Å²) in [6.07, 6.45) is 7.15. The highest BCUT2D eigenvalue weighted by molar-refractivity contribution is 5.47. The van der Waals surface area contributed by atoms with Crippen molar-refractivity contribution in [3.8, 4) is 0 Å². The van der Waals surface area contributed by atoms with Gasteiger partial charge in [-0.25, -0.2) is 0 Å². The van der Waals surface area contributed by atoms with Gasteiger partial charge in [0.25, 0.3) is 0 Å². The first kappa shape index (κ1) is 11.5. The Morgan fingerprint density at radius 3 is 2.64 bits per heavy atom. The van der Waals surface area contributed by atoms with E-state index in [2.05, 4.69) is 12.2 Å². The molecule has 0 unspecified atom stereocenters. The van der Waals surface area contributed by atoms with Crippen LogP contribution < -0.4 is 5.32 Å². The third-order valence-corrected chi connectivity index (χ3v) is 2.90. The standard InChI is InChI=1S/C11H22N2O/c1-2-7-12-8-9-13(10-14)11-5-3-4-6-11/h10-12H,2-9H2,1H3. The van der Waals surface area contributed by atoms with Crippen molar-refractivity contribution in [2.24, 2.45) is 0 Å². The molecule has 3 nitrogen and oxygen atoms in total. The van der Waals surface area contributed by atoms with Crippen LogP contribution in [-0.4, -0.2) is 37.0 Å². The Kier molecular flexibility index (Phi) is 5.60. The normalized spacial score (nSPS) is 17.2. The highest BCUT2D eigenvalue weighted by Gasteiger charge is 2.20. The highest BCUT2D eigenvalue weighted by atomic mass is 16.1. The van der Waals surface area contributed by atoms with Crippen LogP contribution in [0.15, 0.2) is 0 Å². The van der Waals surface area contributed by atoms with Crippen molar-refractivity contribution in [3.63, 3.8) is 0 Å². The lowest BCUT2D eigenvalue weighted by Crippen LogP contribution is -2.37. The largest absolute Gasteiger partial charge is 0.341 e. The summed E-state index contributed by atoms with van der Waals surface area (Å²) in [6.45, 7) is 5.01. The van der Waals surface area contributed by atoms with E-state index in [0.29, 0.717) is 6.04 Å². The fraction of sp³-hybridized carbons (Fsp3) is 0.909. The zero-order chi connectivity index (χ0) is 10.2. The van der Waals surface area contributed by atoms with Crippen LogP contribution in [0.2, 0.25) is 0 Å². The molecule has 0 aromatic rings. The minimum atomic E-state index is 0.524. The lowest BCUT2D eigenvalue weighted by Gasteiger charge is -2.24. The molecule has 82 valence electrons. The van der Waals surface area contributed by atoms with Crippen LogP contribution in [0.5, 0.6) is 0 Å². The molecular weight excluding hydrogens is 176 g/mol. The van der Waals surface area contributed by atoms with Gasteiger partial charge in [-0.05, 0) is 25.8 Å². The van der Waals surface area contributed by atoms with E-state index in [0.717, 1.165) is 32.5 Å². The number of carbonyl (C=O) groups excluding carboxylic acids is 1. The van der Waals surface area contributed by atoms with Crippen molar-refractivity contribution in [2.45, 2.75) is 45.1 Å². The second-order valence-electron chi connectivity index (χ2n) is 4.03. The predicted octanol–water partition coefficient (Wildman–Crippen LogP) is 1.39. The molecule has 1 saturated carbocycles. The summed E-state index contributed by atoms with van der Waals surface area (Å²) in [4.78, 5) is 12.8. The molecular formula is C11H22N2O. The molecule has 1 amide bonds. The average molecular weight is 198 g/mol. The number of nitrogens with one attached hydrogen (secondary N) is 1. The van der Waals surface area contributed by atoms with E-state index in [1.54, 1.807) is 0 Å². The Labute approximate surface area is 86.9 Å². The van der Waals surface area contributed by atoms with Crippen molar-refractivity contribution in [3.05, 3.63) is 0 Å². The molecule has 1 rings (SSSR count). The molecule has 0 aromatic heterocycles. The van der Waals surface area contributed by atoms with Crippen molar-refractivity contribution < 1.29 is 4.79 Å². The zero-order valence-corrected chi connectivity index (χ0v) is 9.17. The van der Waals surface area contributed by atoms with E-state index in [4.69, 9.17) is 0 Å². The third-order valence-electron chi connectivity index (χ3n) is 2.90. The van der Waals surface area contributed by atoms with Gasteiger partial charge < -0.3 is 10.2 Å². The lowest BCUT2D eigenvalue weighted by atomic mass is 10.2. The van der Waals surface area contributed by atoms with Gasteiger partial charge in [-0.3, -0.25) is 4.79 Å². The first-order valence-corrected chi connectivity index (χ1v) is 5.80. The summed E-state index contributed by atoms with van der Waals surface area (Å²) in [5.74, 6) is 0. The second kappa shape index (κ2) is 6.82. The maximum absolute atomic E-state index is 10.9. The molecule has 0 aromatic carbocycles. The van der Waals surface area contributed by atoms with Gasteiger partial charge in [-0.1, -0.05) is 19.8 Å². The smallest absolute Gasteiger partial charge is 0.209 e. The zero-order valence-electron chi connectivity index (χ0n) is 9.17. The summed E-state index contributed by atoms with van der Waals surface area (Å²) in [7, 11) is 0. The van der Waals surface area contributed by atoms with Crippen LogP contribution in [0, 0.1) is 0 Å². The lowest BCUT2D eigenvalue weighted by molar-refractivity contribution is -0.120. The van der Waals surface area contributed by atoms with E-state index in [1.165, 1.54) is 25.7 Å². The van der Waals surface area contributed by atoms with Crippen LogP contribution in [0.25, 0.3) is 0 Å². The number of nitrogens with zero attached hydrogens (tertiary/aromatic N) is 1. The third kappa shape index (κ3) is 3.66. The molecule has 1 aliphatic carbocycles. The molecule has 1 aliphatic rings. The molecule has 0 heterocycles. The van der Waals surface area contributed by atoms with E-state index >= 15 is 0 Å². The van der Waals surface area contributed by atoms with Gasteiger partial charge in [0, 0.05) is 19.1 Å². The van der Waals surface area contributed by atoms with E-state index < -0.39 is 0 Å². The molecule has 0 radical (unpaired) electrons. The highest BCUT2D eigenvalue weighted by Crippen LogP contribution is 2.21. The molecule has 3 heteroatoms. The van der Waals surface area contributed by atoms with Gasteiger partial charge in [-0.15, -0.1) is 0 Å². The molecule has 1 fully saturated rings. The van der Waals surface area contributed by atoms with Gasteiger partial charge in [0.05, 0.1) is 0 Å². The van der Waals surface area contributed by atoms with Crippen molar-refractivity contribution in [2.75, 3.05) is 19.6 Å². The molecule has 0 spiro atoms. The van der Waals surface area contributed by atoms with Crippen LogP contribution in [0.4, 0.5) is 0 Å². The van der Waals surface area contributed by atoms with Gasteiger partial charge >= 0.3 is 0 Å². The van der Waals surface area contributed by atoms with Gasteiger partial charge in [0.1, 0.15) is 0 Å². The summed E-state index contributed by atoms with van der Waals surface area (Å²) in [6, 6.07) is 0.524. The molecule has 0 bridgehead atoms. The quantitative estimate of drug-likeness (QED) is 0.495. The molecule has 0 saturated heterocycles. The average Bonchev–Trinajstić information content (AvgIpc) is 2.71. The minimum absolute atomic E-state index is 0.524. The van der Waals surface area contributed by atoms with Gasteiger partial charge in [0.2, 0.25) is 6.41 Å². The Balaban J connectivity index is 2.14. The Bertz CT molecular complexity index is 155. The van der Waals surface area contributed by atoms with Crippen molar-refractivity contribution >= 4 is 6.41 Å². The topological polar surface area (TPSA) is 32.3 Å². The maximum Gasteiger partial charge on any atom is 0.209 e. The van der Waals surface area contributed by atoms with E-state index in [-0.39, 0.29) is 0 Å². The van der Waals surface area contributed by atoms with Crippen LogP contribution in [0.3, 0.4) is 0 Å². The van der Waals surface area contributed by atoms with Crippen LogP contribution >= 0.6 is 0 Å². The Hall–Kier alpha value is -0.570. The van der Waals surface area contributed by atoms with Gasteiger partial charge in [-0.2, -0.15) is 0 Å². The maximum atomic E-state index is 10.9. The van der Waals surface area contributed by atoms with Crippen LogP contribution in [0.1, 0.15) is 39.0 Å². The SMILES string of the molecule is CCCNCCN(C=O)C1CCCC1. The molecule has 14 heavy (non-hydrogen) atoms. The summed E-state index contributed by atoms with van der Waals surface area (Å²) in [5, 5.41) is 3.32. The molecule has 1 N–H and O–H groups in total. The van der Waals surface area contributed by atoms with E-state index in [9.17, 15) is 4.79 Å². The number of hydrogen-bond donors (Lipinski definition) is 1. The monoisotopic (exact) mass is 198 g/mol. The second-order valence-corrected chi connectivity index (χ2v) is 4.03. The predicted molar refractivity (Wildman–Crippen MR) is 58.2 cm³/mol. The number of hydrogen-bond acceptors (Lipinski definition) is 2. The molecule has 0 aliphatic heterocycles. The van der Waals surface area contributed by atoms with Crippen LogP contribution in [-0.2, 0) is 4.79 Å². The fourth-order valence-electron chi connectivity index (χ4n) is 2.07. The summed E-state index contributed by atoms with van der Waals surface area (Å²) < 4.78 is 0. The van der Waals surface area contributed by atoms with Gasteiger partial charge in [0.15, 0.2) is 0 Å². The summed E-state index contributed by atoms with van der Waals surface area (Å²) in [5.41, 5.74) is 0. The minimum Gasteiger partial charge on any atom is -0.341 e. The number of carbonyl (C=O) groups is 1. The Morgan fingerprint density at radius 2 is 2.07 bits per heavy atom. The number of amides is 1. The first-order chi connectivity index (χ1) is 6.88. The van der Waals surface area contributed by atoms with Crippen molar-refractivity contribution in [1.29, 1.82) is 0 Å². The number of rotatable bonds is 7. The summed E-state index contributed by atoms with van der Waals surface area (Å²) >= 11 is 0. The van der Waals surface area contributed by atoms with Crippen molar-refractivity contribution in [1.82, 2.24) is 10.2 Å². The fourth-order valence-corrected chi connectivity index (χ4v) is 2.07. The van der Waals surface area contributed by atoms with E-state index in [1.807, 2.05) is 4.90 Å². The molecule has 0 atom stereocenters.